The van der Waals surface area contributed by atoms with Gasteiger partial charge >= 0.3 is 6.18 Å². The van der Waals surface area contributed by atoms with Crippen molar-refractivity contribution in [3.8, 4) is 0 Å². The maximum absolute atomic E-state index is 13.7. The molecule has 1 amide bonds. The highest BCUT2D eigenvalue weighted by Gasteiger charge is 2.35. The number of rotatable bonds is 4. The van der Waals surface area contributed by atoms with Gasteiger partial charge in [-0.25, -0.2) is 12.8 Å². The van der Waals surface area contributed by atoms with Crippen molar-refractivity contribution in [3.05, 3.63) is 59.9 Å². The molecule has 3 rings (SSSR count). The van der Waals surface area contributed by atoms with Crippen molar-refractivity contribution in [1.82, 2.24) is 4.31 Å². The lowest BCUT2D eigenvalue weighted by molar-refractivity contribution is -0.137. The van der Waals surface area contributed by atoms with Gasteiger partial charge < -0.3 is 5.32 Å². The van der Waals surface area contributed by atoms with Crippen molar-refractivity contribution in [2.24, 2.45) is 5.92 Å². The number of carbonyl (C=O) groups excluding carboxylic acids is 1. The van der Waals surface area contributed by atoms with Crippen LogP contribution in [0.15, 0.2) is 53.4 Å². The summed E-state index contributed by atoms with van der Waals surface area (Å²) < 4.78 is 78.7. The lowest BCUT2D eigenvalue weighted by Crippen LogP contribution is -2.41. The van der Waals surface area contributed by atoms with Crippen LogP contribution in [-0.4, -0.2) is 31.7 Å². The first-order valence-corrected chi connectivity index (χ1v) is 10.3. The Kier molecular flexibility index (Phi) is 5.95. The highest BCUT2D eigenvalue weighted by molar-refractivity contribution is 7.89. The van der Waals surface area contributed by atoms with E-state index in [1.165, 1.54) is 18.2 Å². The molecule has 10 heteroatoms. The maximum Gasteiger partial charge on any atom is 0.416 e. The minimum Gasteiger partial charge on any atom is -0.323 e. The summed E-state index contributed by atoms with van der Waals surface area (Å²) >= 11 is 0. The van der Waals surface area contributed by atoms with Crippen molar-refractivity contribution in [3.63, 3.8) is 0 Å². The molecule has 1 saturated heterocycles. The molecule has 2 aromatic rings. The van der Waals surface area contributed by atoms with Crippen molar-refractivity contribution >= 4 is 21.6 Å². The van der Waals surface area contributed by atoms with Crippen LogP contribution in [0.3, 0.4) is 0 Å². The molecule has 0 aliphatic carbocycles. The van der Waals surface area contributed by atoms with Crippen molar-refractivity contribution in [1.29, 1.82) is 0 Å². The minimum absolute atomic E-state index is 0.0199. The van der Waals surface area contributed by atoms with Gasteiger partial charge in [-0.1, -0.05) is 18.2 Å². The number of anilines is 1. The topological polar surface area (TPSA) is 66.5 Å². The number of hydrogen-bond donors (Lipinski definition) is 1. The van der Waals surface area contributed by atoms with Gasteiger partial charge in [0.05, 0.1) is 16.1 Å². The fourth-order valence-electron chi connectivity index (χ4n) is 3.14. The summed E-state index contributed by atoms with van der Waals surface area (Å²) in [6.07, 6.45) is -4.29. The molecule has 0 spiro atoms. The quantitative estimate of drug-likeness (QED) is 0.749. The third-order valence-corrected chi connectivity index (χ3v) is 6.65. The number of piperidine rings is 1. The van der Waals surface area contributed by atoms with E-state index in [9.17, 15) is 30.8 Å². The van der Waals surface area contributed by atoms with Gasteiger partial charge in [0, 0.05) is 19.0 Å². The number of carbonyl (C=O) groups is 1. The van der Waals surface area contributed by atoms with Crippen molar-refractivity contribution < 1.29 is 30.8 Å². The van der Waals surface area contributed by atoms with Gasteiger partial charge in [0.25, 0.3) is 0 Å². The summed E-state index contributed by atoms with van der Waals surface area (Å²) in [5.41, 5.74) is -1.01. The van der Waals surface area contributed by atoms with Crippen LogP contribution >= 0.6 is 0 Å². The van der Waals surface area contributed by atoms with E-state index in [1.807, 2.05) is 0 Å². The Morgan fingerprint density at radius 3 is 2.31 bits per heavy atom. The summed E-state index contributed by atoms with van der Waals surface area (Å²) in [4.78, 5) is 11.9. The fraction of sp³-hybridized carbons (Fsp3) is 0.316. The minimum atomic E-state index is -4.65. The van der Waals surface area contributed by atoms with E-state index < -0.39 is 44.3 Å². The molecule has 1 fully saturated rings. The lowest BCUT2D eigenvalue weighted by atomic mass is 9.97. The van der Waals surface area contributed by atoms with Crippen LogP contribution in [0.4, 0.5) is 23.2 Å². The molecule has 0 bridgehead atoms. The molecule has 0 atom stereocenters. The van der Waals surface area contributed by atoms with Crippen LogP contribution < -0.4 is 5.32 Å². The maximum atomic E-state index is 13.7. The molecule has 156 valence electrons. The molecule has 1 N–H and O–H groups in total. The summed E-state index contributed by atoms with van der Waals surface area (Å²) in [6.45, 7) is -0.0398. The van der Waals surface area contributed by atoms with E-state index in [-0.39, 0.29) is 31.6 Å². The summed E-state index contributed by atoms with van der Waals surface area (Å²) in [6, 6.07) is 9.25. The number of para-hydroxylation sites is 1. The van der Waals surface area contributed by atoms with E-state index in [0.717, 1.165) is 22.5 Å². The molecular formula is C19H18F4N2O3S. The average Bonchev–Trinajstić information content (AvgIpc) is 2.69. The molecular weight excluding hydrogens is 412 g/mol. The fourth-order valence-corrected chi connectivity index (χ4v) is 4.65. The highest BCUT2D eigenvalue weighted by Crippen LogP contribution is 2.32. The first-order chi connectivity index (χ1) is 13.6. The molecule has 1 heterocycles. The van der Waals surface area contributed by atoms with Gasteiger partial charge in [-0.15, -0.1) is 0 Å². The third kappa shape index (κ3) is 4.76. The third-order valence-electron chi connectivity index (χ3n) is 4.76. The monoisotopic (exact) mass is 430 g/mol. The van der Waals surface area contributed by atoms with Gasteiger partial charge in [-0.2, -0.15) is 17.5 Å². The predicted molar refractivity (Wildman–Crippen MR) is 98.0 cm³/mol. The second-order valence-corrected chi connectivity index (χ2v) is 8.61. The number of sulfonamides is 1. The number of hydrogen-bond acceptors (Lipinski definition) is 3. The Balaban J connectivity index is 1.67. The zero-order valence-corrected chi connectivity index (χ0v) is 15.9. The molecule has 1 aliphatic heterocycles. The largest absolute Gasteiger partial charge is 0.416 e. The first-order valence-electron chi connectivity index (χ1n) is 8.82. The number of nitrogens with one attached hydrogen (secondary N) is 1. The zero-order chi connectivity index (χ0) is 21.2. The van der Waals surface area contributed by atoms with Gasteiger partial charge in [0.2, 0.25) is 15.9 Å². The summed E-state index contributed by atoms with van der Waals surface area (Å²) in [7, 11) is -4.12. The predicted octanol–water partition coefficient (Wildman–Crippen LogP) is 3.88. The Morgan fingerprint density at radius 2 is 1.69 bits per heavy atom. The Bertz CT molecular complexity index is 1000. The molecule has 29 heavy (non-hydrogen) atoms. The van der Waals surface area contributed by atoms with Gasteiger partial charge in [0.15, 0.2) is 0 Å². The molecule has 5 nitrogen and oxygen atoms in total. The van der Waals surface area contributed by atoms with Gasteiger partial charge in [-0.05, 0) is 43.2 Å². The Hall–Kier alpha value is -2.46. The second kappa shape index (κ2) is 8.11. The molecule has 2 aromatic carbocycles. The molecule has 1 aliphatic rings. The Morgan fingerprint density at radius 1 is 1.03 bits per heavy atom. The molecule has 0 aromatic heterocycles. The normalized spacial score (nSPS) is 16.6. The number of nitrogens with zero attached hydrogens (tertiary/aromatic N) is 1. The van der Waals surface area contributed by atoms with E-state index in [2.05, 4.69) is 5.32 Å². The summed E-state index contributed by atoms with van der Waals surface area (Å²) in [5.74, 6) is -1.53. The zero-order valence-electron chi connectivity index (χ0n) is 15.1. The van der Waals surface area contributed by atoms with Crippen LogP contribution in [-0.2, 0) is 21.0 Å². The van der Waals surface area contributed by atoms with Crippen molar-refractivity contribution in [2.45, 2.75) is 23.9 Å². The lowest BCUT2D eigenvalue weighted by Gasteiger charge is -2.30. The van der Waals surface area contributed by atoms with Gasteiger partial charge in [0.1, 0.15) is 5.82 Å². The average molecular weight is 430 g/mol. The molecule has 0 unspecified atom stereocenters. The van der Waals surface area contributed by atoms with E-state index in [4.69, 9.17) is 0 Å². The number of benzene rings is 2. The second-order valence-electron chi connectivity index (χ2n) is 6.67. The molecule has 0 radical (unpaired) electrons. The number of amides is 1. The van der Waals surface area contributed by atoms with Crippen LogP contribution in [0.5, 0.6) is 0 Å². The van der Waals surface area contributed by atoms with E-state index >= 15 is 0 Å². The van der Waals surface area contributed by atoms with Crippen molar-refractivity contribution in [2.75, 3.05) is 18.4 Å². The number of halogens is 4. The van der Waals surface area contributed by atoms with Crippen LogP contribution in [0.25, 0.3) is 0 Å². The first kappa shape index (κ1) is 21.3. The van der Waals surface area contributed by atoms with E-state index in [0.29, 0.717) is 6.07 Å². The molecule has 0 saturated carbocycles. The smallest absolute Gasteiger partial charge is 0.323 e. The Labute approximate surface area is 165 Å². The highest BCUT2D eigenvalue weighted by atomic mass is 32.2. The van der Waals surface area contributed by atoms with Crippen LogP contribution in [0.1, 0.15) is 18.4 Å². The summed E-state index contributed by atoms with van der Waals surface area (Å²) in [5, 5.41) is 2.48. The SMILES string of the molecule is O=C(Nc1ccccc1F)C1CCN(S(=O)(=O)c2cccc(C(F)(F)F)c2)CC1. The van der Waals surface area contributed by atoms with Gasteiger partial charge in [-0.3, -0.25) is 4.79 Å². The van der Waals surface area contributed by atoms with Crippen LogP contribution in [0, 0.1) is 11.7 Å². The standard InChI is InChI=1S/C19H18F4N2O3S/c20-16-6-1-2-7-17(16)24-18(26)13-8-10-25(11-9-13)29(27,28)15-5-3-4-14(12-15)19(21,22)23/h1-7,12-13H,8-11H2,(H,24,26). The number of alkyl halides is 3. The van der Waals surface area contributed by atoms with E-state index in [1.54, 1.807) is 6.07 Å². The van der Waals surface area contributed by atoms with Crippen LogP contribution in [0.2, 0.25) is 0 Å².